The molecule has 2 aliphatic rings. The smallest absolute Gasteiger partial charge is 0.203 e. The van der Waals surface area contributed by atoms with E-state index in [1.165, 1.54) is 54.8 Å². The van der Waals surface area contributed by atoms with Gasteiger partial charge in [0.2, 0.25) is 5.36 Å². The number of anilines is 1. The number of hydrogen-bond donors (Lipinski definition) is 0. The third-order valence-corrected chi connectivity index (χ3v) is 9.22. The minimum absolute atomic E-state index is 0.913. The Kier molecular flexibility index (Phi) is 7.39. The molecule has 0 N–H and O–H groups in total. The summed E-state index contributed by atoms with van der Waals surface area (Å²) in [6.45, 7) is 12.6. The van der Waals surface area contributed by atoms with Crippen LogP contribution < -0.4 is 14.8 Å². The molecule has 3 heteroatoms. The summed E-state index contributed by atoms with van der Waals surface area (Å²) in [5.74, 6) is 0.913. The van der Waals surface area contributed by atoms with Crippen molar-refractivity contribution in [2.75, 3.05) is 31.1 Å². The molecule has 0 unspecified atom stereocenters. The van der Waals surface area contributed by atoms with Crippen LogP contribution in [0.3, 0.4) is 0 Å². The maximum atomic E-state index is 6.77. The van der Waals surface area contributed by atoms with E-state index >= 15 is 0 Å². The zero-order valence-electron chi connectivity index (χ0n) is 26.1. The molecule has 0 bridgehead atoms. The molecule has 0 amide bonds. The first-order chi connectivity index (χ1) is 21.6. The third kappa shape index (κ3) is 4.64. The lowest BCUT2D eigenvalue weighted by Crippen LogP contribution is -2.29. The van der Waals surface area contributed by atoms with Gasteiger partial charge >= 0.3 is 0 Å². The summed E-state index contributed by atoms with van der Waals surface area (Å²) in [6.07, 6.45) is 0. The fourth-order valence-corrected chi connectivity index (χ4v) is 6.94. The van der Waals surface area contributed by atoms with Crippen LogP contribution in [0.25, 0.3) is 66.1 Å². The Labute approximate surface area is 259 Å². The van der Waals surface area contributed by atoms with Crippen molar-refractivity contribution in [3.63, 3.8) is 0 Å². The molecule has 0 aromatic heterocycles. The van der Waals surface area contributed by atoms with Crippen LogP contribution in [0.2, 0.25) is 0 Å². The second-order valence-electron chi connectivity index (χ2n) is 11.4. The van der Waals surface area contributed by atoms with Gasteiger partial charge in [-0.25, -0.2) is 4.58 Å². The van der Waals surface area contributed by atoms with Gasteiger partial charge in [-0.3, -0.25) is 0 Å². The number of fused-ring (bicyclic) bond motifs is 4. The van der Waals surface area contributed by atoms with Gasteiger partial charge in [-0.05, 0) is 84.1 Å². The number of benzene rings is 6. The fraction of sp³-hybridized carbons (Fsp3) is 0.195. The van der Waals surface area contributed by atoms with E-state index in [1.807, 2.05) is 0 Å². The molecular formula is C41H39N2O+. The Hall–Kier alpha value is -4.89. The molecule has 1 aliphatic heterocycles. The topological polar surface area (TPSA) is 19.4 Å². The van der Waals surface area contributed by atoms with Gasteiger partial charge in [0, 0.05) is 47.4 Å². The molecule has 3 nitrogen and oxygen atoms in total. The average Bonchev–Trinajstić information content (AvgIpc) is 3.07. The van der Waals surface area contributed by atoms with Crippen LogP contribution in [0.1, 0.15) is 27.7 Å². The van der Waals surface area contributed by atoms with Gasteiger partial charge in [0.1, 0.15) is 24.4 Å². The van der Waals surface area contributed by atoms with Crippen molar-refractivity contribution in [2.24, 2.45) is 0 Å². The van der Waals surface area contributed by atoms with E-state index in [4.69, 9.17) is 4.42 Å². The molecule has 1 aliphatic carbocycles. The molecule has 0 radical (unpaired) electrons. The minimum atomic E-state index is 0.913. The highest BCUT2D eigenvalue weighted by Gasteiger charge is 2.21. The van der Waals surface area contributed by atoms with Crippen LogP contribution in [0, 0.1) is 0 Å². The Morgan fingerprint density at radius 2 is 1.18 bits per heavy atom. The molecular weight excluding hydrogens is 536 g/mol. The Bertz CT molecular complexity index is 2170. The van der Waals surface area contributed by atoms with Gasteiger partial charge in [-0.1, -0.05) is 78.9 Å². The normalized spacial score (nSPS) is 11.5. The van der Waals surface area contributed by atoms with Gasteiger partial charge in [-0.2, -0.15) is 0 Å². The molecule has 5 aromatic rings. The maximum absolute atomic E-state index is 6.77. The van der Waals surface area contributed by atoms with Crippen LogP contribution in [0.4, 0.5) is 5.69 Å². The predicted octanol–water partition coefficient (Wildman–Crippen LogP) is 9.84. The van der Waals surface area contributed by atoms with Gasteiger partial charge < -0.3 is 9.32 Å². The zero-order chi connectivity index (χ0) is 30.2. The molecule has 1 heterocycles. The SMILES string of the molecule is CCN(CC)c1ccc2c(-c3ccc(-c4cccc5ccccc45)c4ccccc34)c3ccc(=[N+](CC)CC)cc-3oc2c1. The summed E-state index contributed by atoms with van der Waals surface area (Å²) in [5, 5.41) is 7.35. The van der Waals surface area contributed by atoms with Crippen molar-refractivity contribution in [2.45, 2.75) is 27.7 Å². The van der Waals surface area contributed by atoms with Crippen LogP contribution in [0.15, 0.2) is 120 Å². The number of rotatable bonds is 7. The van der Waals surface area contributed by atoms with E-state index in [1.54, 1.807) is 0 Å². The summed E-state index contributed by atoms with van der Waals surface area (Å²) in [4.78, 5) is 2.37. The third-order valence-electron chi connectivity index (χ3n) is 9.22. The molecule has 0 atom stereocenters. The van der Waals surface area contributed by atoms with Gasteiger partial charge in [0.05, 0.1) is 6.07 Å². The molecule has 7 rings (SSSR count). The van der Waals surface area contributed by atoms with Crippen LogP contribution >= 0.6 is 0 Å². The molecule has 0 spiro atoms. The van der Waals surface area contributed by atoms with Gasteiger partial charge in [0.25, 0.3) is 0 Å². The summed E-state index contributed by atoms with van der Waals surface area (Å²) in [7, 11) is 0. The molecule has 44 heavy (non-hydrogen) atoms. The second-order valence-corrected chi connectivity index (χ2v) is 11.4. The highest BCUT2D eigenvalue weighted by Crippen LogP contribution is 2.45. The first-order valence-corrected chi connectivity index (χ1v) is 16.0. The lowest BCUT2D eigenvalue weighted by atomic mass is 9.87. The van der Waals surface area contributed by atoms with E-state index < -0.39 is 0 Å². The molecule has 218 valence electrons. The standard InChI is InChI=1S/C41H39N2O/c1-5-42(6-2)29-20-22-37-39(26-29)44-40-27-30(43(7-3)8-4)21-23-38(40)41(37)36-25-24-35(33-17-11-12-18-34(33)36)32-19-13-15-28-14-9-10-16-31(28)32/h9-27H,5-8H2,1-4H3/q+1. The van der Waals surface area contributed by atoms with E-state index in [0.717, 1.165) is 48.5 Å². The average molecular weight is 576 g/mol. The monoisotopic (exact) mass is 575 g/mol. The first-order valence-electron chi connectivity index (χ1n) is 16.0. The van der Waals surface area contributed by atoms with Gasteiger partial charge in [0.15, 0.2) is 0 Å². The second kappa shape index (κ2) is 11.7. The fourth-order valence-electron chi connectivity index (χ4n) is 6.94. The van der Waals surface area contributed by atoms with E-state index in [-0.39, 0.29) is 0 Å². The van der Waals surface area contributed by atoms with Crippen LogP contribution in [-0.2, 0) is 0 Å². The Balaban J connectivity index is 1.56. The van der Waals surface area contributed by atoms with Crippen molar-refractivity contribution in [3.05, 3.63) is 121 Å². The van der Waals surface area contributed by atoms with Crippen molar-refractivity contribution < 1.29 is 4.42 Å². The van der Waals surface area contributed by atoms with Crippen molar-refractivity contribution in [3.8, 4) is 33.6 Å². The highest BCUT2D eigenvalue weighted by molar-refractivity contribution is 6.14. The highest BCUT2D eigenvalue weighted by atomic mass is 16.3. The number of hydrogen-bond acceptors (Lipinski definition) is 2. The Morgan fingerprint density at radius 1 is 0.545 bits per heavy atom. The molecule has 5 aromatic carbocycles. The lowest BCUT2D eigenvalue weighted by molar-refractivity contribution is 0.604. The van der Waals surface area contributed by atoms with Crippen molar-refractivity contribution in [1.82, 2.24) is 4.58 Å². The van der Waals surface area contributed by atoms with E-state index in [9.17, 15) is 0 Å². The minimum Gasteiger partial charge on any atom is -0.456 e. The zero-order valence-corrected chi connectivity index (χ0v) is 26.1. The van der Waals surface area contributed by atoms with Gasteiger partial charge in [-0.15, -0.1) is 0 Å². The van der Waals surface area contributed by atoms with Crippen molar-refractivity contribution in [1.29, 1.82) is 0 Å². The lowest BCUT2D eigenvalue weighted by Gasteiger charge is -2.23. The van der Waals surface area contributed by atoms with Crippen molar-refractivity contribution >= 4 is 38.2 Å². The molecule has 0 saturated carbocycles. The molecule has 0 fully saturated rings. The van der Waals surface area contributed by atoms with E-state index in [2.05, 4.69) is 152 Å². The molecule has 0 saturated heterocycles. The summed E-state index contributed by atoms with van der Waals surface area (Å²) >= 11 is 0. The summed E-state index contributed by atoms with van der Waals surface area (Å²) in [6, 6.07) is 42.2. The Morgan fingerprint density at radius 3 is 1.93 bits per heavy atom. The van der Waals surface area contributed by atoms with Crippen LogP contribution in [0.5, 0.6) is 0 Å². The predicted molar refractivity (Wildman–Crippen MR) is 189 cm³/mol. The van der Waals surface area contributed by atoms with Crippen LogP contribution in [-0.4, -0.2) is 26.2 Å². The largest absolute Gasteiger partial charge is 0.456 e. The van der Waals surface area contributed by atoms with E-state index in [0.29, 0.717) is 0 Å². The maximum Gasteiger partial charge on any atom is 0.203 e. The summed E-state index contributed by atoms with van der Waals surface area (Å²) in [5.41, 5.74) is 8.19. The quantitative estimate of drug-likeness (QED) is 0.139. The number of nitrogens with zero attached hydrogens (tertiary/aromatic N) is 2. The summed E-state index contributed by atoms with van der Waals surface area (Å²) < 4.78 is 9.14. The first kappa shape index (κ1) is 27.9.